The molecule has 33 valence electrons. The zero-order chi connectivity index (χ0) is 0. The second-order valence-electron chi connectivity index (χ2n) is 0. The summed E-state index contributed by atoms with van der Waals surface area (Å²) in [6.07, 6.45) is 0. The van der Waals surface area contributed by atoms with E-state index in [1.165, 1.54) is 0 Å². The minimum atomic E-state index is 0. The molecule has 1 atom stereocenters. The third-order valence-corrected chi connectivity index (χ3v) is 0. The minimum Gasteiger partial charge on any atom is 0 e. The summed E-state index contributed by atoms with van der Waals surface area (Å²) in [4.78, 5) is 0. The molecule has 0 spiro atoms. The molecule has 0 heterocycles. The zero-order valence-corrected chi connectivity index (χ0v) is 7.80. The van der Waals surface area contributed by atoms with Crippen LogP contribution in [0.3, 0.4) is 0 Å². The predicted molar refractivity (Wildman–Crippen MR) is 22.4 cm³/mol. The fourth-order valence-electron chi connectivity index (χ4n) is 0. The molecule has 0 saturated carbocycles. The fourth-order valence-corrected chi connectivity index (χ4v) is 0. The van der Waals surface area contributed by atoms with Crippen LogP contribution in [0.1, 0.15) is 0 Å². The summed E-state index contributed by atoms with van der Waals surface area (Å²) in [5, 5.41) is 0. The molecule has 0 saturated heterocycles. The molecule has 0 aliphatic rings. The van der Waals surface area contributed by atoms with Gasteiger partial charge in [0, 0.05) is 41.5 Å². The molecule has 4 heavy (non-hydrogen) atoms. The van der Waals surface area contributed by atoms with E-state index in [9.17, 15) is 0 Å². The number of hydrogen-bond donors (Lipinski definition) is 0. The van der Waals surface area contributed by atoms with Crippen molar-refractivity contribution in [3.63, 3.8) is 0 Å². The largest absolute Gasteiger partial charge is 0 e. The van der Waals surface area contributed by atoms with Crippen LogP contribution >= 0.6 is 9.90 Å². The summed E-state index contributed by atoms with van der Waals surface area (Å²) in [7, 11) is 0. The minimum absolute atomic E-state index is 0. The van der Waals surface area contributed by atoms with E-state index in [0.717, 1.165) is 0 Å². The van der Waals surface area contributed by atoms with Crippen LogP contribution < -0.4 is 0 Å². The molecule has 0 N–H and O–H groups in total. The van der Waals surface area contributed by atoms with Crippen LogP contribution in [-0.2, 0) is 41.5 Å². The van der Waals surface area contributed by atoms with Gasteiger partial charge in [-0.3, -0.25) is 0 Å². The van der Waals surface area contributed by atoms with Crippen molar-refractivity contribution in [2.24, 2.45) is 0 Å². The Balaban J connectivity index is 0. The molecule has 0 aliphatic heterocycles. The molecule has 0 amide bonds. The summed E-state index contributed by atoms with van der Waals surface area (Å²) < 4.78 is 0. The van der Waals surface area contributed by atoms with Crippen LogP contribution in [0.2, 0.25) is 0 Å². The molecule has 0 bridgehead atoms. The first kappa shape index (κ1) is 33.2. The van der Waals surface area contributed by atoms with E-state index in [1.54, 1.807) is 0 Å². The second-order valence-corrected chi connectivity index (χ2v) is 0. The van der Waals surface area contributed by atoms with Crippen LogP contribution in [0.4, 0.5) is 0 Å². The van der Waals surface area contributed by atoms with Gasteiger partial charge >= 0.3 is 17.6 Å². The Labute approximate surface area is 68.4 Å². The predicted octanol–water partition coefficient (Wildman–Crippen LogP) is -1.40. The Morgan fingerprint density at radius 1 is 1.00 bits per heavy atom. The Morgan fingerprint density at radius 2 is 1.00 bits per heavy atom. The smallest absolute Gasteiger partial charge is 0 e. The quantitative estimate of drug-likeness (QED) is 0.289. The summed E-state index contributed by atoms with van der Waals surface area (Å²) >= 11 is 0. The number of rotatable bonds is 0. The van der Waals surface area contributed by atoms with Crippen LogP contribution in [-0.4, -0.2) is 17.6 Å². The summed E-state index contributed by atoms with van der Waals surface area (Å²) in [6, 6.07) is 0. The standard InChI is InChI=1S/GeH4.H3P.Pt.Re/h1H4;1H3;;. The van der Waals surface area contributed by atoms with Gasteiger partial charge in [-0.15, -0.1) is 0 Å². The maximum absolute atomic E-state index is 0. The van der Waals surface area contributed by atoms with Gasteiger partial charge in [-0.1, -0.05) is 0 Å². The Bertz CT molecular complexity index is 8.00. The monoisotopic (exact) mass is 494 g/mol. The van der Waals surface area contributed by atoms with Crippen molar-refractivity contribution in [1.29, 1.82) is 0 Å². The van der Waals surface area contributed by atoms with Gasteiger partial charge < -0.3 is 0 Å². The Morgan fingerprint density at radius 3 is 1.00 bits per heavy atom. The van der Waals surface area contributed by atoms with Crippen LogP contribution in [0, 0.1) is 0 Å². The van der Waals surface area contributed by atoms with Crippen LogP contribution in [0.5, 0.6) is 0 Å². The van der Waals surface area contributed by atoms with Crippen molar-refractivity contribution in [2.45, 2.75) is 0 Å². The molecule has 0 rings (SSSR count). The molecular formula is H7GePPtRe. The van der Waals surface area contributed by atoms with Crippen molar-refractivity contribution in [3.05, 3.63) is 0 Å². The summed E-state index contributed by atoms with van der Waals surface area (Å²) in [5.74, 6) is 0. The first-order chi connectivity index (χ1) is 0. The molecule has 0 aliphatic carbocycles. The SMILES string of the molecule is P.[GeH4].[Pt].[Re]. The zero-order valence-electron chi connectivity index (χ0n) is 1.40. The molecular weight excluding hydrogens is 485 g/mol. The van der Waals surface area contributed by atoms with E-state index in [0.29, 0.717) is 0 Å². The molecule has 0 nitrogen and oxygen atoms in total. The normalized spacial score (nSPS) is 0. The van der Waals surface area contributed by atoms with Crippen molar-refractivity contribution in [2.75, 3.05) is 0 Å². The van der Waals surface area contributed by atoms with Gasteiger partial charge in [-0.2, -0.15) is 9.90 Å². The Kier molecular flexibility index (Phi) is 153. The number of hydrogen-bond acceptors (Lipinski definition) is 0. The van der Waals surface area contributed by atoms with Crippen LogP contribution in [0.15, 0.2) is 0 Å². The molecule has 0 aromatic rings. The first-order valence-electron chi connectivity index (χ1n) is 0. The van der Waals surface area contributed by atoms with Gasteiger partial charge in [-0.05, 0) is 0 Å². The molecule has 0 fully saturated rings. The van der Waals surface area contributed by atoms with Crippen LogP contribution in [0.25, 0.3) is 0 Å². The van der Waals surface area contributed by atoms with Gasteiger partial charge in [0.05, 0.1) is 0 Å². The molecule has 4 heteroatoms. The molecule has 0 aromatic carbocycles. The van der Waals surface area contributed by atoms with Gasteiger partial charge in [-0.25, -0.2) is 0 Å². The van der Waals surface area contributed by atoms with E-state index in [4.69, 9.17) is 0 Å². The van der Waals surface area contributed by atoms with Crippen molar-refractivity contribution >= 4 is 27.5 Å². The average Bonchev–Trinajstić information content (AvgIpc) is 0. The van der Waals surface area contributed by atoms with Gasteiger partial charge in [0.2, 0.25) is 0 Å². The van der Waals surface area contributed by atoms with Crippen molar-refractivity contribution < 1.29 is 41.5 Å². The average molecular weight is 492 g/mol. The fraction of sp³-hybridized carbons (Fsp3) is 0. The Hall–Kier alpha value is 2.32. The second kappa shape index (κ2) is 18.4. The van der Waals surface area contributed by atoms with E-state index < -0.39 is 0 Å². The third kappa shape index (κ3) is 8.85. The van der Waals surface area contributed by atoms with Crippen molar-refractivity contribution in [3.8, 4) is 0 Å². The van der Waals surface area contributed by atoms with Gasteiger partial charge in [0.15, 0.2) is 0 Å². The maximum Gasteiger partial charge on any atom is 0 e. The molecule has 0 aromatic heterocycles. The van der Waals surface area contributed by atoms with Gasteiger partial charge in [0.1, 0.15) is 0 Å². The van der Waals surface area contributed by atoms with Gasteiger partial charge in [0.25, 0.3) is 0 Å². The van der Waals surface area contributed by atoms with E-state index in [-0.39, 0.29) is 69.0 Å². The van der Waals surface area contributed by atoms with E-state index >= 15 is 0 Å². The summed E-state index contributed by atoms with van der Waals surface area (Å²) in [5.41, 5.74) is 0. The maximum atomic E-state index is 0. The third-order valence-electron chi connectivity index (χ3n) is 0. The van der Waals surface area contributed by atoms with E-state index in [1.807, 2.05) is 0 Å². The van der Waals surface area contributed by atoms with Crippen molar-refractivity contribution in [1.82, 2.24) is 0 Å². The first-order valence-corrected chi connectivity index (χ1v) is 0. The van der Waals surface area contributed by atoms with E-state index in [2.05, 4.69) is 0 Å². The molecule has 1 radical (unpaired) electrons. The summed E-state index contributed by atoms with van der Waals surface area (Å²) in [6.45, 7) is 0. The molecule has 1 unspecified atom stereocenters. The topological polar surface area (TPSA) is 0 Å².